The zero-order valence-corrected chi connectivity index (χ0v) is 12.4. The molecule has 1 unspecified atom stereocenters. The molecule has 5 nitrogen and oxygen atoms in total. The molecule has 2 amide bonds. The van der Waals surface area contributed by atoms with Gasteiger partial charge in [0.05, 0.1) is 0 Å². The quantitative estimate of drug-likeness (QED) is 0.814. The Morgan fingerprint density at radius 1 is 1.25 bits per heavy atom. The Balaban J connectivity index is 1.78. The number of rotatable bonds is 6. The van der Waals surface area contributed by atoms with Crippen LogP contribution >= 0.6 is 0 Å². The van der Waals surface area contributed by atoms with E-state index in [1.54, 1.807) is 0 Å². The number of carboxylic acids is 1. The Bertz CT molecular complexity index is 355. The van der Waals surface area contributed by atoms with Crippen molar-refractivity contribution in [3.8, 4) is 0 Å². The monoisotopic (exact) mass is 282 g/mol. The van der Waals surface area contributed by atoms with Crippen LogP contribution < -0.4 is 0 Å². The molecule has 0 aromatic rings. The fraction of sp³-hybridized carbons (Fsp3) is 0.867. The lowest BCUT2D eigenvalue weighted by Crippen LogP contribution is -2.45. The van der Waals surface area contributed by atoms with Crippen LogP contribution in [0.1, 0.15) is 45.4 Å². The number of hydrogen-bond acceptors (Lipinski definition) is 2. The topological polar surface area (TPSA) is 60.9 Å². The maximum atomic E-state index is 12.5. The molecule has 1 N–H and O–H groups in total. The Kier molecular flexibility index (Phi) is 5.26. The zero-order chi connectivity index (χ0) is 14.5. The van der Waals surface area contributed by atoms with E-state index in [1.165, 1.54) is 19.3 Å². The van der Waals surface area contributed by atoms with Crippen molar-refractivity contribution >= 4 is 12.0 Å². The van der Waals surface area contributed by atoms with Crippen molar-refractivity contribution in [2.75, 3.05) is 26.2 Å². The van der Waals surface area contributed by atoms with Crippen LogP contribution in [0.4, 0.5) is 4.79 Å². The van der Waals surface area contributed by atoms with E-state index < -0.39 is 5.97 Å². The fourth-order valence-corrected chi connectivity index (χ4v) is 3.10. The minimum atomic E-state index is -0.741. The van der Waals surface area contributed by atoms with Crippen molar-refractivity contribution in [1.82, 2.24) is 9.80 Å². The first-order valence-corrected chi connectivity index (χ1v) is 7.85. The molecule has 2 rings (SSSR count). The summed E-state index contributed by atoms with van der Waals surface area (Å²) in [6.07, 6.45) is 5.66. The summed E-state index contributed by atoms with van der Waals surface area (Å²) in [7, 11) is 0. The zero-order valence-electron chi connectivity index (χ0n) is 12.4. The molecule has 114 valence electrons. The van der Waals surface area contributed by atoms with Gasteiger partial charge in [0.25, 0.3) is 0 Å². The lowest BCUT2D eigenvalue weighted by atomic mass is 9.85. The van der Waals surface area contributed by atoms with Crippen molar-refractivity contribution in [2.24, 2.45) is 11.8 Å². The third-order valence-electron chi connectivity index (χ3n) is 4.68. The van der Waals surface area contributed by atoms with Crippen LogP contribution in [-0.4, -0.2) is 53.1 Å². The van der Waals surface area contributed by atoms with Crippen molar-refractivity contribution in [1.29, 1.82) is 0 Å². The maximum absolute atomic E-state index is 12.5. The van der Waals surface area contributed by atoms with E-state index in [4.69, 9.17) is 5.11 Å². The predicted molar refractivity (Wildman–Crippen MR) is 76.5 cm³/mol. The number of hydrogen-bond donors (Lipinski definition) is 1. The van der Waals surface area contributed by atoms with Crippen LogP contribution in [0.15, 0.2) is 0 Å². The summed E-state index contributed by atoms with van der Waals surface area (Å²) < 4.78 is 0. The Morgan fingerprint density at radius 2 is 2.00 bits per heavy atom. The average Bonchev–Trinajstić information content (AvgIpc) is 2.83. The van der Waals surface area contributed by atoms with Gasteiger partial charge in [0.1, 0.15) is 0 Å². The molecule has 2 aliphatic rings. The summed E-state index contributed by atoms with van der Waals surface area (Å²) in [6.45, 7) is 5.21. The van der Waals surface area contributed by atoms with E-state index in [-0.39, 0.29) is 12.5 Å². The molecule has 0 aromatic heterocycles. The van der Waals surface area contributed by atoms with E-state index in [0.717, 1.165) is 32.6 Å². The van der Waals surface area contributed by atoms with Gasteiger partial charge in [-0.3, -0.25) is 4.79 Å². The molecule has 1 atom stereocenters. The summed E-state index contributed by atoms with van der Waals surface area (Å²) in [5.74, 6) is 0.316. The number of aliphatic carboxylic acids is 1. The summed E-state index contributed by atoms with van der Waals surface area (Å²) in [5.41, 5.74) is 0. The van der Waals surface area contributed by atoms with Gasteiger partial charge in [-0.2, -0.15) is 0 Å². The number of urea groups is 1. The van der Waals surface area contributed by atoms with E-state index in [9.17, 15) is 9.59 Å². The number of likely N-dealkylation sites (tertiary alicyclic amines) is 1. The standard InChI is InChI=1S/C15H26N2O3/c1-2-16(10-12-4-3-5-12)15(20)17-9-8-13(11-17)6-7-14(18)19/h12-13H,2-11H2,1H3,(H,18,19). The third kappa shape index (κ3) is 3.87. The number of carbonyl (C=O) groups excluding carboxylic acids is 1. The van der Waals surface area contributed by atoms with Crippen LogP contribution in [0.25, 0.3) is 0 Å². The largest absolute Gasteiger partial charge is 0.481 e. The molecule has 1 aliphatic heterocycles. The van der Waals surface area contributed by atoms with Crippen LogP contribution in [0.3, 0.4) is 0 Å². The van der Waals surface area contributed by atoms with Crippen molar-refractivity contribution < 1.29 is 14.7 Å². The second-order valence-electron chi connectivity index (χ2n) is 6.15. The van der Waals surface area contributed by atoms with Crippen molar-refractivity contribution in [3.63, 3.8) is 0 Å². The van der Waals surface area contributed by atoms with Gasteiger partial charge in [-0.1, -0.05) is 6.42 Å². The number of carboxylic acid groups (broad SMARTS) is 1. The van der Waals surface area contributed by atoms with Crippen LogP contribution in [0.2, 0.25) is 0 Å². The van der Waals surface area contributed by atoms with Gasteiger partial charge in [-0.15, -0.1) is 0 Å². The lowest BCUT2D eigenvalue weighted by Gasteiger charge is -2.34. The minimum Gasteiger partial charge on any atom is -0.481 e. The first-order valence-electron chi connectivity index (χ1n) is 7.85. The smallest absolute Gasteiger partial charge is 0.320 e. The molecule has 0 spiro atoms. The second kappa shape index (κ2) is 6.95. The number of carbonyl (C=O) groups is 2. The first-order chi connectivity index (χ1) is 9.60. The van der Waals surface area contributed by atoms with Crippen LogP contribution in [-0.2, 0) is 4.79 Å². The van der Waals surface area contributed by atoms with E-state index in [1.807, 2.05) is 16.7 Å². The molecule has 1 aliphatic carbocycles. The molecule has 0 aromatic carbocycles. The molecule has 1 heterocycles. The molecule has 1 saturated heterocycles. The fourth-order valence-electron chi connectivity index (χ4n) is 3.10. The Hall–Kier alpha value is -1.26. The normalized spacial score (nSPS) is 22.6. The number of nitrogens with zero attached hydrogens (tertiary/aromatic N) is 2. The summed E-state index contributed by atoms with van der Waals surface area (Å²) in [5, 5.41) is 8.72. The molecular weight excluding hydrogens is 256 g/mol. The van der Waals surface area contributed by atoms with Gasteiger partial charge in [-0.05, 0) is 44.4 Å². The molecule has 2 fully saturated rings. The van der Waals surface area contributed by atoms with Crippen molar-refractivity contribution in [2.45, 2.75) is 45.4 Å². The first kappa shape index (κ1) is 15.1. The number of amides is 2. The maximum Gasteiger partial charge on any atom is 0.320 e. The molecule has 1 saturated carbocycles. The Morgan fingerprint density at radius 3 is 2.55 bits per heavy atom. The highest BCUT2D eigenvalue weighted by Crippen LogP contribution is 2.28. The summed E-state index contributed by atoms with van der Waals surface area (Å²) in [6, 6.07) is 0.150. The third-order valence-corrected chi connectivity index (χ3v) is 4.68. The van der Waals surface area contributed by atoms with Gasteiger partial charge >= 0.3 is 12.0 Å². The van der Waals surface area contributed by atoms with E-state index >= 15 is 0 Å². The van der Waals surface area contributed by atoms with Gasteiger partial charge in [0.2, 0.25) is 0 Å². The van der Waals surface area contributed by atoms with E-state index in [2.05, 4.69) is 0 Å². The SMILES string of the molecule is CCN(CC1CCC1)C(=O)N1CCC(CCC(=O)O)C1. The van der Waals surface area contributed by atoms with Gasteiger partial charge in [0, 0.05) is 32.6 Å². The highest BCUT2D eigenvalue weighted by molar-refractivity contribution is 5.74. The predicted octanol–water partition coefficient (Wildman–Crippen LogP) is 2.42. The summed E-state index contributed by atoms with van der Waals surface area (Å²) >= 11 is 0. The molecule has 0 bridgehead atoms. The van der Waals surface area contributed by atoms with Crippen LogP contribution in [0.5, 0.6) is 0 Å². The molecule has 0 radical (unpaired) electrons. The molecular formula is C15H26N2O3. The summed E-state index contributed by atoms with van der Waals surface area (Å²) in [4.78, 5) is 26.9. The highest BCUT2D eigenvalue weighted by Gasteiger charge is 2.30. The second-order valence-corrected chi connectivity index (χ2v) is 6.15. The Labute approximate surface area is 120 Å². The molecule has 5 heteroatoms. The highest BCUT2D eigenvalue weighted by atomic mass is 16.4. The van der Waals surface area contributed by atoms with Gasteiger partial charge in [0.15, 0.2) is 0 Å². The molecule has 20 heavy (non-hydrogen) atoms. The van der Waals surface area contributed by atoms with E-state index in [0.29, 0.717) is 18.3 Å². The van der Waals surface area contributed by atoms with Gasteiger partial charge < -0.3 is 14.9 Å². The average molecular weight is 282 g/mol. The minimum absolute atomic E-state index is 0.150. The van der Waals surface area contributed by atoms with Crippen molar-refractivity contribution in [3.05, 3.63) is 0 Å². The van der Waals surface area contributed by atoms with Crippen LogP contribution in [0, 0.1) is 11.8 Å². The lowest BCUT2D eigenvalue weighted by molar-refractivity contribution is -0.137. The van der Waals surface area contributed by atoms with Gasteiger partial charge in [-0.25, -0.2) is 4.79 Å².